The Labute approximate surface area is 178 Å². The Kier molecular flexibility index (Phi) is 5.27. The maximum Gasteiger partial charge on any atom is 0.265 e. The number of rotatable bonds is 5. The quantitative estimate of drug-likeness (QED) is 0.512. The molecule has 2 aromatic carbocycles. The molecule has 1 amide bonds. The number of fused-ring (bicyclic) bond motifs is 1. The number of hydrogen-bond acceptors (Lipinski definition) is 5. The summed E-state index contributed by atoms with van der Waals surface area (Å²) in [6.07, 6.45) is 2.45. The van der Waals surface area contributed by atoms with Crippen LogP contribution in [-0.2, 0) is 16.6 Å². The number of benzene rings is 2. The Balaban J connectivity index is 1.86. The first kappa shape index (κ1) is 20.1. The number of nitrogens with one attached hydrogen (secondary N) is 1. The number of carbonyl (C=O) groups excluding carboxylic acids is 1. The maximum atomic E-state index is 12.7. The molecule has 30 heavy (non-hydrogen) atoms. The minimum absolute atomic E-state index is 0.187. The Bertz CT molecular complexity index is 1330. The van der Waals surface area contributed by atoms with Crippen molar-refractivity contribution in [2.24, 2.45) is 0 Å². The van der Waals surface area contributed by atoms with Crippen LogP contribution in [-0.4, -0.2) is 35.3 Å². The van der Waals surface area contributed by atoms with Crippen molar-refractivity contribution in [2.45, 2.75) is 6.54 Å². The Morgan fingerprint density at radius 3 is 2.47 bits per heavy atom. The highest BCUT2D eigenvalue weighted by Crippen LogP contribution is 2.25. The third kappa shape index (κ3) is 4.34. The number of amides is 1. The van der Waals surface area contributed by atoms with E-state index in [1.807, 2.05) is 47.2 Å². The number of aromatic nitrogens is 3. The van der Waals surface area contributed by atoms with Gasteiger partial charge < -0.3 is 0 Å². The van der Waals surface area contributed by atoms with Gasteiger partial charge in [-0.3, -0.25) is 4.79 Å². The molecule has 2 aromatic heterocycles. The molecule has 7 nitrogen and oxygen atoms in total. The Morgan fingerprint density at radius 2 is 1.80 bits per heavy atom. The molecule has 0 saturated carbocycles. The minimum Gasteiger partial charge on any atom is -0.268 e. The standard InChI is InChI=1S/C21H17ClN4O3S/c1-30(28,29)25-21(27)17-11-19(15-5-3-2-4-6-15)24-20-18(17)12-23-26(20)13-14-7-9-16(22)10-8-14/h2-12H,13H2,1H3,(H,25,27). The smallest absolute Gasteiger partial charge is 0.265 e. The molecule has 4 aromatic rings. The molecule has 4 rings (SSSR count). The molecule has 0 radical (unpaired) electrons. The summed E-state index contributed by atoms with van der Waals surface area (Å²) >= 11 is 5.96. The van der Waals surface area contributed by atoms with Gasteiger partial charge in [-0.15, -0.1) is 0 Å². The van der Waals surface area contributed by atoms with Gasteiger partial charge in [0.05, 0.1) is 35.6 Å². The fourth-order valence-electron chi connectivity index (χ4n) is 3.09. The van der Waals surface area contributed by atoms with Crippen LogP contribution in [0.5, 0.6) is 0 Å². The zero-order valence-electron chi connectivity index (χ0n) is 15.9. The molecular weight excluding hydrogens is 424 g/mol. The highest BCUT2D eigenvalue weighted by Gasteiger charge is 2.20. The third-order valence-corrected chi connectivity index (χ3v) is 5.26. The molecule has 0 saturated heterocycles. The van der Waals surface area contributed by atoms with Gasteiger partial charge in [-0.1, -0.05) is 54.1 Å². The normalized spacial score (nSPS) is 11.5. The van der Waals surface area contributed by atoms with E-state index in [0.717, 1.165) is 17.4 Å². The van der Waals surface area contributed by atoms with Gasteiger partial charge in [-0.2, -0.15) is 5.10 Å². The van der Waals surface area contributed by atoms with Gasteiger partial charge in [0, 0.05) is 10.6 Å². The van der Waals surface area contributed by atoms with Crippen molar-refractivity contribution in [2.75, 3.05) is 6.26 Å². The van der Waals surface area contributed by atoms with Crippen molar-refractivity contribution in [3.8, 4) is 11.3 Å². The number of sulfonamides is 1. The third-order valence-electron chi connectivity index (χ3n) is 4.45. The fourth-order valence-corrected chi connectivity index (χ4v) is 3.67. The first-order valence-electron chi connectivity index (χ1n) is 8.99. The topological polar surface area (TPSA) is 93.9 Å². The minimum atomic E-state index is -3.72. The van der Waals surface area contributed by atoms with Gasteiger partial charge in [0.1, 0.15) is 0 Å². The van der Waals surface area contributed by atoms with Crippen LogP contribution in [0.25, 0.3) is 22.3 Å². The molecule has 0 spiro atoms. The largest absolute Gasteiger partial charge is 0.268 e. The maximum absolute atomic E-state index is 12.7. The highest BCUT2D eigenvalue weighted by molar-refractivity contribution is 7.89. The first-order valence-corrected chi connectivity index (χ1v) is 11.3. The van der Waals surface area contributed by atoms with Gasteiger partial charge >= 0.3 is 0 Å². The van der Waals surface area contributed by atoms with Crippen molar-refractivity contribution < 1.29 is 13.2 Å². The van der Waals surface area contributed by atoms with E-state index < -0.39 is 15.9 Å². The Morgan fingerprint density at radius 1 is 1.10 bits per heavy atom. The lowest BCUT2D eigenvalue weighted by atomic mass is 10.1. The molecule has 0 aliphatic carbocycles. The SMILES string of the molecule is CS(=O)(=O)NC(=O)c1cc(-c2ccccc2)nc2c1cnn2Cc1ccc(Cl)cc1. The van der Waals surface area contributed by atoms with Gasteiger partial charge in [0.25, 0.3) is 5.91 Å². The summed E-state index contributed by atoms with van der Waals surface area (Å²) in [5.74, 6) is -0.729. The molecule has 0 aliphatic heterocycles. The molecule has 2 heterocycles. The van der Waals surface area contributed by atoms with Crippen molar-refractivity contribution in [3.63, 3.8) is 0 Å². The second kappa shape index (κ2) is 7.89. The van der Waals surface area contributed by atoms with E-state index in [-0.39, 0.29) is 5.56 Å². The first-order chi connectivity index (χ1) is 14.3. The molecule has 0 fully saturated rings. The number of carbonyl (C=O) groups is 1. The van der Waals surface area contributed by atoms with Crippen LogP contribution in [0.3, 0.4) is 0 Å². The highest BCUT2D eigenvalue weighted by atomic mass is 35.5. The lowest BCUT2D eigenvalue weighted by molar-refractivity contribution is 0.0983. The summed E-state index contributed by atoms with van der Waals surface area (Å²) in [6, 6.07) is 18.3. The summed E-state index contributed by atoms with van der Waals surface area (Å²) in [6.45, 7) is 0.416. The van der Waals surface area contributed by atoms with E-state index in [4.69, 9.17) is 16.6 Å². The van der Waals surface area contributed by atoms with Crippen LogP contribution < -0.4 is 4.72 Å². The number of halogens is 1. The lowest BCUT2D eigenvalue weighted by Gasteiger charge is -2.09. The van der Waals surface area contributed by atoms with Crippen LogP contribution in [0.15, 0.2) is 66.9 Å². The summed E-state index contributed by atoms with van der Waals surface area (Å²) < 4.78 is 26.9. The number of hydrogen-bond donors (Lipinski definition) is 1. The molecule has 0 atom stereocenters. The Hall–Kier alpha value is -3.23. The van der Waals surface area contributed by atoms with Crippen LogP contribution >= 0.6 is 11.6 Å². The summed E-state index contributed by atoms with van der Waals surface area (Å²) in [7, 11) is -3.72. The zero-order valence-corrected chi connectivity index (χ0v) is 17.5. The van der Waals surface area contributed by atoms with Crippen molar-refractivity contribution >= 4 is 38.6 Å². The van der Waals surface area contributed by atoms with E-state index in [2.05, 4.69) is 5.10 Å². The molecule has 9 heteroatoms. The van der Waals surface area contributed by atoms with Crippen LogP contribution in [0, 0.1) is 0 Å². The van der Waals surface area contributed by atoms with E-state index >= 15 is 0 Å². The van der Waals surface area contributed by atoms with Gasteiger partial charge in [0.2, 0.25) is 10.0 Å². The van der Waals surface area contributed by atoms with Crippen LogP contribution in [0.4, 0.5) is 0 Å². The average molecular weight is 441 g/mol. The number of pyridine rings is 1. The van der Waals surface area contributed by atoms with E-state index in [0.29, 0.717) is 28.3 Å². The predicted octanol–water partition coefficient (Wildman–Crippen LogP) is 3.49. The molecular formula is C21H17ClN4O3S. The van der Waals surface area contributed by atoms with Crippen molar-refractivity contribution in [1.82, 2.24) is 19.5 Å². The molecule has 152 valence electrons. The van der Waals surface area contributed by atoms with Gasteiger partial charge in [-0.25, -0.2) is 22.8 Å². The summed E-state index contributed by atoms with van der Waals surface area (Å²) in [5.41, 5.74) is 2.96. The molecule has 0 aliphatic rings. The summed E-state index contributed by atoms with van der Waals surface area (Å²) in [5, 5.41) is 5.47. The fraction of sp³-hybridized carbons (Fsp3) is 0.0952. The van der Waals surface area contributed by atoms with E-state index in [9.17, 15) is 13.2 Å². The van der Waals surface area contributed by atoms with Crippen LogP contribution in [0.1, 0.15) is 15.9 Å². The molecule has 1 N–H and O–H groups in total. The second-order valence-electron chi connectivity index (χ2n) is 6.79. The molecule has 0 unspecified atom stereocenters. The average Bonchev–Trinajstić information content (AvgIpc) is 3.11. The molecule has 0 bridgehead atoms. The second-order valence-corrected chi connectivity index (χ2v) is 8.98. The van der Waals surface area contributed by atoms with Gasteiger partial charge in [0.15, 0.2) is 5.65 Å². The van der Waals surface area contributed by atoms with Crippen molar-refractivity contribution in [1.29, 1.82) is 0 Å². The van der Waals surface area contributed by atoms with Crippen molar-refractivity contribution in [3.05, 3.63) is 83.0 Å². The lowest BCUT2D eigenvalue weighted by Crippen LogP contribution is -2.29. The summed E-state index contributed by atoms with van der Waals surface area (Å²) in [4.78, 5) is 17.4. The zero-order chi connectivity index (χ0) is 21.3. The number of nitrogens with zero attached hydrogens (tertiary/aromatic N) is 3. The van der Waals surface area contributed by atoms with E-state index in [1.165, 1.54) is 6.20 Å². The van der Waals surface area contributed by atoms with Crippen LogP contribution in [0.2, 0.25) is 5.02 Å². The van der Waals surface area contributed by atoms with Gasteiger partial charge in [-0.05, 0) is 23.8 Å². The van der Waals surface area contributed by atoms with E-state index in [1.54, 1.807) is 22.9 Å². The monoisotopic (exact) mass is 440 g/mol. The predicted molar refractivity (Wildman–Crippen MR) is 116 cm³/mol.